The Labute approximate surface area is 190 Å². The van der Waals surface area contributed by atoms with Gasteiger partial charge in [-0.15, -0.1) is 24.0 Å². The number of ether oxygens (including phenoxy) is 2. The fourth-order valence-corrected chi connectivity index (χ4v) is 3.20. The zero-order valence-electron chi connectivity index (χ0n) is 17.2. The number of aromatic nitrogens is 1. The Hall–Kier alpha value is -1.87. The van der Waals surface area contributed by atoms with Crippen molar-refractivity contribution < 1.29 is 9.47 Å². The van der Waals surface area contributed by atoms with Crippen LogP contribution in [0.4, 0.5) is 0 Å². The second-order valence-corrected chi connectivity index (χ2v) is 7.06. The molecule has 3 rings (SSSR count). The van der Waals surface area contributed by atoms with Crippen LogP contribution >= 0.6 is 24.0 Å². The summed E-state index contributed by atoms with van der Waals surface area (Å²) in [5.74, 6) is 2.11. The third-order valence-electron chi connectivity index (χ3n) is 4.69. The van der Waals surface area contributed by atoms with E-state index in [0.717, 1.165) is 49.8 Å². The number of aliphatic imine (C=N–C) groups is 1. The highest BCUT2D eigenvalue weighted by molar-refractivity contribution is 14.0. The van der Waals surface area contributed by atoms with Gasteiger partial charge in [0.2, 0.25) is 5.88 Å². The largest absolute Gasteiger partial charge is 0.473 e. The summed E-state index contributed by atoms with van der Waals surface area (Å²) in [6.45, 7) is 6.68. The number of pyridine rings is 1. The van der Waals surface area contributed by atoms with E-state index in [1.54, 1.807) is 6.20 Å². The molecule has 158 valence electrons. The molecule has 1 aliphatic heterocycles. The van der Waals surface area contributed by atoms with Gasteiger partial charge in [0, 0.05) is 44.9 Å². The van der Waals surface area contributed by atoms with E-state index < -0.39 is 0 Å². The van der Waals surface area contributed by atoms with Crippen LogP contribution in [0.1, 0.15) is 24.5 Å². The molecular formula is C22H31IN4O2. The van der Waals surface area contributed by atoms with E-state index in [9.17, 15) is 0 Å². The van der Waals surface area contributed by atoms with Crippen molar-refractivity contribution in [3.63, 3.8) is 0 Å². The van der Waals surface area contributed by atoms with Crippen LogP contribution in [0, 0.1) is 5.92 Å². The summed E-state index contributed by atoms with van der Waals surface area (Å²) in [5.41, 5.74) is 2.20. The lowest BCUT2D eigenvalue weighted by Crippen LogP contribution is -2.41. The van der Waals surface area contributed by atoms with Gasteiger partial charge in [0.1, 0.15) is 6.61 Å². The van der Waals surface area contributed by atoms with Gasteiger partial charge in [0.15, 0.2) is 5.96 Å². The average Bonchev–Trinajstić information content (AvgIpc) is 3.23. The second-order valence-electron chi connectivity index (χ2n) is 7.06. The Morgan fingerprint density at radius 3 is 2.83 bits per heavy atom. The van der Waals surface area contributed by atoms with E-state index in [-0.39, 0.29) is 24.0 Å². The SMILES string of the molecule is CCNC(=NCc1ccnc(OCc2ccccc2)c1)N(C)CC1CCOC1.I. The fraction of sp³-hybridized carbons (Fsp3) is 0.455. The number of benzene rings is 1. The summed E-state index contributed by atoms with van der Waals surface area (Å²) in [6.07, 6.45) is 2.90. The molecule has 1 saturated heterocycles. The first-order valence-electron chi connectivity index (χ1n) is 9.93. The molecular weight excluding hydrogens is 479 g/mol. The maximum Gasteiger partial charge on any atom is 0.213 e. The van der Waals surface area contributed by atoms with Gasteiger partial charge in [-0.25, -0.2) is 9.98 Å². The Balaban J connectivity index is 0.00000300. The Morgan fingerprint density at radius 1 is 1.28 bits per heavy atom. The molecule has 0 saturated carbocycles. The highest BCUT2D eigenvalue weighted by Gasteiger charge is 2.19. The van der Waals surface area contributed by atoms with Crippen LogP contribution in [0.15, 0.2) is 53.7 Å². The average molecular weight is 510 g/mol. The molecule has 6 nitrogen and oxygen atoms in total. The first-order chi connectivity index (χ1) is 13.7. The summed E-state index contributed by atoms with van der Waals surface area (Å²) in [6, 6.07) is 14.0. The van der Waals surface area contributed by atoms with Crippen molar-refractivity contribution in [1.29, 1.82) is 0 Å². The number of guanidine groups is 1. The monoisotopic (exact) mass is 510 g/mol. The molecule has 1 fully saturated rings. The normalized spacial score (nSPS) is 16.2. The molecule has 1 atom stereocenters. The molecule has 0 bridgehead atoms. The van der Waals surface area contributed by atoms with Crippen molar-refractivity contribution in [3.05, 3.63) is 59.8 Å². The highest BCUT2D eigenvalue weighted by atomic mass is 127. The smallest absolute Gasteiger partial charge is 0.213 e. The Bertz CT molecular complexity index is 751. The predicted octanol–water partition coefficient (Wildman–Crippen LogP) is 3.71. The molecule has 7 heteroatoms. The molecule has 1 N–H and O–H groups in total. The maximum atomic E-state index is 5.82. The number of hydrogen-bond acceptors (Lipinski definition) is 4. The van der Waals surface area contributed by atoms with Gasteiger partial charge in [0.25, 0.3) is 0 Å². The topological polar surface area (TPSA) is 59.0 Å². The van der Waals surface area contributed by atoms with Gasteiger partial charge in [0.05, 0.1) is 13.2 Å². The molecule has 0 aliphatic carbocycles. The van der Waals surface area contributed by atoms with E-state index in [1.165, 1.54) is 0 Å². The minimum atomic E-state index is 0. The van der Waals surface area contributed by atoms with Crippen molar-refractivity contribution in [3.8, 4) is 5.88 Å². The van der Waals surface area contributed by atoms with Gasteiger partial charge in [-0.1, -0.05) is 30.3 Å². The van der Waals surface area contributed by atoms with E-state index in [4.69, 9.17) is 14.5 Å². The summed E-state index contributed by atoms with van der Waals surface area (Å²) >= 11 is 0. The van der Waals surface area contributed by atoms with Crippen molar-refractivity contribution in [2.75, 3.05) is 33.4 Å². The van der Waals surface area contributed by atoms with E-state index in [2.05, 4.69) is 29.2 Å². The van der Waals surface area contributed by atoms with Crippen LogP contribution < -0.4 is 10.1 Å². The zero-order valence-corrected chi connectivity index (χ0v) is 19.5. The minimum Gasteiger partial charge on any atom is -0.473 e. The number of rotatable bonds is 8. The van der Waals surface area contributed by atoms with Crippen LogP contribution in [0.2, 0.25) is 0 Å². The molecule has 1 aromatic heterocycles. The lowest BCUT2D eigenvalue weighted by molar-refractivity contribution is 0.181. The predicted molar refractivity (Wildman–Crippen MR) is 127 cm³/mol. The zero-order chi connectivity index (χ0) is 19.6. The van der Waals surface area contributed by atoms with Crippen molar-refractivity contribution in [1.82, 2.24) is 15.2 Å². The van der Waals surface area contributed by atoms with Crippen molar-refractivity contribution in [2.24, 2.45) is 10.9 Å². The van der Waals surface area contributed by atoms with E-state index in [0.29, 0.717) is 24.9 Å². The number of nitrogens with zero attached hydrogens (tertiary/aromatic N) is 3. The molecule has 0 spiro atoms. The van der Waals surface area contributed by atoms with Crippen LogP contribution in [-0.2, 0) is 17.9 Å². The molecule has 1 aromatic carbocycles. The summed E-state index contributed by atoms with van der Waals surface area (Å²) in [4.78, 5) is 11.3. The molecule has 0 amide bonds. The number of nitrogens with one attached hydrogen (secondary N) is 1. The highest BCUT2D eigenvalue weighted by Crippen LogP contribution is 2.15. The van der Waals surface area contributed by atoms with E-state index >= 15 is 0 Å². The first kappa shape index (κ1) is 23.4. The minimum absolute atomic E-state index is 0. The van der Waals surface area contributed by atoms with Crippen LogP contribution in [0.25, 0.3) is 0 Å². The number of hydrogen-bond donors (Lipinski definition) is 1. The molecule has 1 aliphatic rings. The molecule has 2 heterocycles. The standard InChI is InChI=1S/C22H30N4O2.HI/c1-3-23-22(26(2)15-20-10-12-27-16-20)25-14-19-9-11-24-21(13-19)28-17-18-7-5-4-6-8-18;/h4-9,11,13,20H,3,10,12,14-17H2,1-2H3,(H,23,25);1H. The molecule has 1 unspecified atom stereocenters. The van der Waals surface area contributed by atoms with Gasteiger partial charge < -0.3 is 19.7 Å². The first-order valence-corrected chi connectivity index (χ1v) is 9.93. The Morgan fingerprint density at radius 2 is 2.10 bits per heavy atom. The summed E-state index contributed by atoms with van der Waals surface area (Å²) in [7, 11) is 2.08. The van der Waals surface area contributed by atoms with Gasteiger partial charge in [-0.05, 0) is 30.5 Å². The summed E-state index contributed by atoms with van der Waals surface area (Å²) in [5, 5.41) is 3.38. The van der Waals surface area contributed by atoms with Crippen molar-refractivity contribution >= 4 is 29.9 Å². The van der Waals surface area contributed by atoms with Crippen molar-refractivity contribution in [2.45, 2.75) is 26.5 Å². The van der Waals surface area contributed by atoms with Gasteiger partial charge >= 0.3 is 0 Å². The maximum absolute atomic E-state index is 5.82. The van der Waals surface area contributed by atoms with Crippen LogP contribution in [0.3, 0.4) is 0 Å². The molecule has 2 aromatic rings. The second kappa shape index (κ2) is 12.6. The molecule has 29 heavy (non-hydrogen) atoms. The molecule has 0 radical (unpaired) electrons. The van der Waals surface area contributed by atoms with E-state index in [1.807, 2.05) is 42.5 Å². The number of halogens is 1. The Kier molecular flexibility index (Phi) is 10.2. The van der Waals surface area contributed by atoms with Gasteiger partial charge in [-0.2, -0.15) is 0 Å². The third-order valence-corrected chi connectivity index (χ3v) is 4.69. The fourth-order valence-electron chi connectivity index (χ4n) is 3.20. The van der Waals surface area contributed by atoms with Crippen LogP contribution in [-0.4, -0.2) is 49.2 Å². The van der Waals surface area contributed by atoms with Gasteiger partial charge in [-0.3, -0.25) is 0 Å². The third kappa shape index (κ3) is 7.81. The lowest BCUT2D eigenvalue weighted by atomic mass is 10.1. The summed E-state index contributed by atoms with van der Waals surface area (Å²) < 4.78 is 11.3. The van der Waals surface area contributed by atoms with Crippen LogP contribution in [0.5, 0.6) is 5.88 Å². The lowest BCUT2D eigenvalue weighted by Gasteiger charge is -2.24. The quantitative estimate of drug-likeness (QED) is 0.334.